The summed E-state index contributed by atoms with van der Waals surface area (Å²) in [5.74, 6) is -1.79. The zero-order valence-corrected chi connectivity index (χ0v) is 20.4. The van der Waals surface area contributed by atoms with Gasteiger partial charge in [0.25, 0.3) is 0 Å². The molecule has 0 aliphatic heterocycles. The van der Waals surface area contributed by atoms with Gasteiger partial charge in [0.1, 0.15) is 24.0 Å². The first-order chi connectivity index (χ1) is 18.1. The van der Waals surface area contributed by atoms with E-state index < -0.39 is 34.6 Å². The van der Waals surface area contributed by atoms with Crippen LogP contribution in [0.1, 0.15) is 43.0 Å². The number of pyridine rings is 1. The highest BCUT2D eigenvalue weighted by atomic mass is 19.4. The summed E-state index contributed by atoms with van der Waals surface area (Å²) in [6.07, 6.45) is 1.34. The van der Waals surface area contributed by atoms with E-state index in [1.807, 2.05) is 18.2 Å². The monoisotopic (exact) mass is 527 g/mol. The number of aryl methyl sites for hydroxylation is 1. The summed E-state index contributed by atoms with van der Waals surface area (Å²) in [6.45, 7) is 2.13. The molecule has 0 bridgehead atoms. The highest BCUT2D eigenvalue weighted by Gasteiger charge is 2.24. The van der Waals surface area contributed by atoms with Crippen LogP contribution in [-0.2, 0) is 13.0 Å². The summed E-state index contributed by atoms with van der Waals surface area (Å²) in [5.41, 5.74) is 2.61. The van der Waals surface area contributed by atoms with Crippen molar-refractivity contribution >= 4 is 10.8 Å². The van der Waals surface area contributed by atoms with Gasteiger partial charge >= 0.3 is 6.18 Å². The molecule has 0 N–H and O–H groups in total. The Labute approximate surface area is 216 Å². The zero-order valence-electron chi connectivity index (χ0n) is 20.4. The highest BCUT2D eigenvalue weighted by Crippen LogP contribution is 2.31. The lowest BCUT2D eigenvalue weighted by Gasteiger charge is -2.10. The van der Waals surface area contributed by atoms with Gasteiger partial charge in [-0.25, -0.2) is 13.2 Å². The molecule has 0 aliphatic carbocycles. The van der Waals surface area contributed by atoms with E-state index >= 15 is 0 Å². The third-order valence-electron chi connectivity index (χ3n) is 5.95. The van der Waals surface area contributed by atoms with E-state index in [2.05, 4.69) is 24.0 Å². The normalized spacial score (nSPS) is 11.3. The summed E-state index contributed by atoms with van der Waals surface area (Å²) >= 11 is 0. The Morgan fingerprint density at radius 1 is 0.868 bits per heavy atom. The maximum Gasteiger partial charge on any atom is 0.458 e. The Morgan fingerprint density at radius 2 is 1.61 bits per heavy atom. The molecule has 2 nitrogen and oxygen atoms in total. The largest absolute Gasteiger partial charge is 0.487 e. The van der Waals surface area contributed by atoms with E-state index in [0.29, 0.717) is 5.69 Å². The van der Waals surface area contributed by atoms with Gasteiger partial charge in [-0.15, -0.1) is 0 Å². The van der Waals surface area contributed by atoms with Crippen molar-refractivity contribution in [2.45, 2.75) is 45.4 Å². The van der Waals surface area contributed by atoms with Gasteiger partial charge in [-0.05, 0) is 47.6 Å². The lowest BCUT2D eigenvalue weighted by Crippen LogP contribution is -2.03. The maximum atomic E-state index is 14.6. The second-order valence-electron chi connectivity index (χ2n) is 8.78. The fraction of sp³-hybridized carbons (Fsp3) is 0.233. The Kier molecular flexibility index (Phi) is 8.26. The molecule has 0 saturated heterocycles. The fourth-order valence-corrected chi connectivity index (χ4v) is 4.00. The van der Waals surface area contributed by atoms with Crippen LogP contribution in [0.3, 0.4) is 0 Å². The van der Waals surface area contributed by atoms with Crippen molar-refractivity contribution in [3.05, 3.63) is 95.1 Å². The molecule has 0 fully saturated rings. The van der Waals surface area contributed by atoms with Crippen molar-refractivity contribution in [2.24, 2.45) is 0 Å². The van der Waals surface area contributed by atoms with Crippen molar-refractivity contribution in [3.8, 4) is 28.7 Å². The van der Waals surface area contributed by atoms with Crippen LogP contribution in [0.2, 0.25) is 0 Å². The lowest BCUT2D eigenvalue weighted by atomic mass is 10.0. The van der Waals surface area contributed by atoms with E-state index in [1.54, 1.807) is 12.3 Å². The van der Waals surface area contributed by atoms with Crippen molar-refractivity contribution < 1.29 is 31.1 Å². The summed E-state index contributed by atoms with van der Waals surface area (Å²) in [7, 11) is 0. The van der Waals surface area contributed by atoms with Crippen LogP contribution < -0.4 is 4.74 Å². The second kappa shape index (κ2) is 11.6. The van der Waals surface area contributed by atoms with Gasteiger partial charge in [-0.3, -0.25) is 4.98 Å². The minimum Gasteiger partial charge on any atom is -0.487 e. The zero-order chi connectivity index (χ0) is 27.3. The van der Waals surface area contributed by atoms with Crippen molar-refractivity contribution in [2.75, 3.05) is 0 Å². The minimum absolute atomic E-state index is 0.0209. The Balaban J connectivity index is 1.47. The summed E-state index contributed by atoms with van der Waals surface area (Å²) < 4.78 is 86.1. The summed E-state index contributed by atoms with van der Waals surface area (Å²) in [4.78, 5) is 4.37. The van der Waals surface area contributed by atoms with Gasteiger partial charge in [0.2, 0.25) is 0 Å². The Hall–Kier alpha value is -3.99. The first-order valence-electron chi connectivity index (χ1n) is 12.0. The van der Waals surface area contributed by atoms with Crippen LogP contribution >= 0.6 is 0 Å². The molecule has 0 aliphatic rings. The number of unbranched alkanes of at least 4 members (excludes halogenated alkanes) is 2. The number of benzene rings is 3. The molecule has 0 saturated carbocycles. The lowest BCUT2D eigenvalue weighted by molar-refractivity contribution is -0.0696. The van der Waals surface area contributed by atoms with Crippen molar-refractivity contribution in [3.63, 3.8) is 0 Å². The average molecular weight is 528 g/mol. The molecular formula is C30H23F6NO. The van der Waals surface area contributed by atoms with Crippen LogP contribution in [0, 0.1) is 29.3 Å². The number of alkyl halides is 3. The highest BCUT2D eigenvalue weighted by molar-refractivity contribution is 5.87. The molecule has 196 valence electrons. The third-order valence-corrected chi connectivity index (χ3v) is 5.95. The van der Waals surface area contributed by atoms with Crippen LogP contribution in [0.5, 0.6) is 5.75 Å². The smallest absolute Gasteiger partial charge is 0.458 e. The molecule has 0 unspecified atom stereocenters. The van der Waals surface area contributed by atoms with Crippen molar-refractivity contribution in [1.82, 2.24) is 4.98 Å². The first-order valence-corrected chi connectivity index (χ1v) is 12.0. The van der Waals surface area contributed by atoms with Gasteiger partial charge in [0.15, 0.2) is 5.82 Å². The third kappa shape index (κ3) is 6.65. The van der Waals surface area contributed by atoms with Crippen molar-refractivity contribution in [1.29, 1.82) is 0 Å². The predicted octanol–water partition coefficient (Wildman–Crippen LogP) is 8.54. The maximum absolute atomic E-state index is 14.6. The second-order valence-corrected chi connectivity index (χ2v) is 8.78. The SMILES string of the molecule is CCCCCc1ccc(-c2ccc(COc3cc(F)c4c(F)c(C#CC(F)(F)F)c(F)cc4c3)nc2)cc1. The molecule has 0 amide bonds. The van der Waals surface area contributed by atoms with Gasteiger partial charge in [-0.1, -0.05) is 56.0 Å². The number of hydrogen-bond donors (Lipinski definition) is 0. The van der Waals surface area contributed by atoms with Gasteiger partial charge in [-0.2, -0.15) is 13.2 Å². The molecule has 0 atom stereocenters. The number of halogens is 6. The van der Waals surface area contributed by atoms with Gasteiger partial charge in [0, 0.05) is 23.7 Å². The van der Waals surface area contributed by atoms with E-state index in [1.165, 1.54) is 30.4 Å². The number of fused-ring (bicyclic) bond motifs is 1. The fourth-order valence-electron chi connectivity index (χ4n) is 4.00. The van der Waals surface area contributed by atoms with Gasteiger partial charge < -0.3 is 4.74 Å². The number of rotatable bonds is 8. The summed E-state index contributed by atoms with van der Waals surface area (Å²) in [5, 5.41) is -0.891. The number of aromatic nitrogens is 1. The molecule has 0 spiro atoms. The topological polar surface area (TPSA) is 22.1 Å². The van der Waals surface area contributed by atoms with E-state index in [4.69, 9.17) is 4.74 Å². The summed E-state index contributed by atoms with van der Waals surface area (Å²) in [6, 6.07) is 14.7. The van der Waals surface area contributed by atoms with Gasteiger partial charge in [0.05, 0.1) is 16.6 Å². The Bertz CT molecular complexity index is 1480. The quantitative estimate of drug-likeness (QED) is 0.130. The van der Waals surface area contributed by atoms with Crippen LogP contribution in [0.15, 0.2) is 60.8 Å². The van der Waals surface area contributed by atoms with Crippen LogP contribution in [0.25, 0.3) is 21.9 Å². The molecule has 3 aromatic carbocycles. The van der Waals surface area contributed by atoms with E-state index in [-0.39, 0.29) is 17.7 Å². The number of ether oxygens (including phenoxy) is 1. The van der Waals surface area contributed by atoms with E-state index in [0.717, 1.165) is 42.0 Å². The predicted molar refractivity (Wildman–Crippen MR) is 134 cm³/mol. The molecule has 1 aromatic heterocycles. The number of hydrogen-bond acceptors (Lipinski definition) is 2. The first kappa shape index (κ1) is 27.1. The molecule has 1 heterocycles. The molecule has 0 radical (unpaired) electrons. The molecule has 4 aromatic rings. The molecule has 4 rings (SSSR count). The van der Waals surface area contributed by atoms with Crippen LogP contribution in [0.4, 0.5) is 26.3 Å². The molecular weight excluding hydrogens is 504 g/mol. The molecule has 38 heavy (non-hydrogen) atoms. The number of nitrogens with zero attached hydrogens (tertiary/aromatic N) is 1. The van der Waals surface area contributed by atoms with Crippen LogP contribution in [-0.4, -0.2) is 11.2 Å². The Morgan fingerprint density at radius 3 is 2.26 bits per heavy atom. The average Bonchev–Trinajstić information content (AvgIpc) is 2.87. The standard InChI is InChI=1S/C30H23F6NO/c1-2-3-4-5-19-6-8-20(9-7-19)21-10-11-23(37-17-21)18-38-24-14-22-15-26(31)25(12-13-30(34,35)36)29(33)28(22)27(32)16-24/h6-11,14-17H,2-5,18H2,1H3. The molecule has 8 heteroatoms. The minimum atomic E-state index is -4.95. The van der Waals surface area contributed by atoms with E-state index in [9.17, 15) is 26.3 Å².